The van der Waals surface area contributed by atoms with Gasteiger partial charge in [-0.2, -0.15) is 0 Å². The molecular weight excluding hydrogens is 588 g/mol. The Morgan fingerprint density at radius 3 is 2.24 bits per heavy atom. The van der Waals surface area contributed by atoms with Gasteiger partial charge in [0, 0.05) is 12.5 Å². The molecule has 8 nitrogen and oxygen atoms in total. The van der Waals surface area contributed by atoms with Crippen LogP contribution in [0.5, 0.6) is 11.5 Å². The summed E-state index contributed by atoms with van der Waals surface area (Å²) in [7, 11) is 0. The molecule has 0 radical (unpaired) electrons. The summed E-state index contributed by atoms with van der Waals surface area (Å²) in [6.45, 7) is 8.25. The minimum Gasteiger partial charge on any atom is -0.507 e. The van der Waals surface area contributed by atoms with Crippen LogP contribution in [0, 0.1) is 13.8 Å². The number of aliphatic hydroxyl groups is 1. The Hall–Kier alpha value is -4.76. The first kappa shape index (κ1) is 31.7. The number of unbranched alkanes of at least 4 members (excludes halogenated alkanes) is 2. The van der Waals surface area contributed by atoms with Gasteiger partial charge in [-0.15, -0.1) is 0 Å². The highest BCUT2D eigenvalue weighted by molar-refractivity contribution is 7.18. The van der Waals surface area contributed by atoms with Crippen LogP contribution in [0.15, 0.2) is 78.4 Å². The van der Waals surface area contributed by atoms with Crippen molar-refractivity contribution >= 4 is 39.7 Å². The number of ether oxygens (including phenoxy) is 2. The lowest BCUT2D eigenvalue weighted by atomic mass is 9.95. The number of anilines is 1. The van der Waals surface area contributed by atoms with E-state index in [9.17, 15) is 19.5 Å². The van der Waals surface area contributed by atoms with Gasteiger partial charge in [0.2, 0.25) is 0 Å². The van der Waals surface area contributed by atoms with Gasteiger partial charge in [0.25, 0.3) is 5.78 Å². The van der Waals surface area contributed by atoms with Gasteiger partial charge in [-0.3, -0.25) is 19.3 Å². The number of amides is 1. The summed E-state index contributed by atoms with van der Waals surface area (Å²) in [6.07, 6.45) is 3.10. The summed E-state index contributed by atoms with van der Waals surface area (Å²) >= 11 is 1.05. The highest BCUT2D eigenvalue weighted by atomic mass is 32.1. The molecule has 1 aliphatic rings. The second kappa shape index (κ2) is 13.9. The number of carbonyl (C=O) groups is 3. The van der Waals surface area contributed by atoms with Gasteiger partial charge < -0.3 is 14.6 Å². The lowest BCUT2D eigenvalue weighted by Crippen LogP contribution is -2.29. The molecule has 1 fully saturated rings. The van der Waals surface area contributed by atoms with Gasteiger partial charge in [0.15, 0.2) is 10.9 Å². The van der Waals surface area contributed by atoms with Crippen LogP contribution >= 0.6 is 11.3 Å². The first-order valence-electron chi connectivity index (χ1n) is 15.0. The fourth-order valence-electron chi connectivity index (χ4n) is 5.24. The summed E-state index contributed by atoms with van der Waals surface area (Å²) in [5, 5.41) is 11.8. The van der Waals surface area contributed by atoms with Crippen LogP contribution in [0.4, 0.5) is 5.13 Å². The van der Waals surface area contributed by atoms with Gasteiger partial charge in [0.1, 0.15) is 23.9 Å². The standard InChI is InChI=1S/C36H36N2O6S/c1-5-6-9-20-43-28-16-12-25(13-17-28)31-30(33(41)35(42)38(31)36-37-23(3)34(45-36)24(4)39)32(40)26-14-18-29(19-15-26)44-21-27-11-8-7-10-22(27)2/h7-8,10-19,31,40H,5-6,9,20-21H2,1-4H3. The van der Waals surface area contributed by atoms with E-state index in [1.165, 1.54) is 11.8 Å². The van der Waals surface area contributed by atoms with E-state index < -0.39 is 17.7 Å². The van der Waals surface area contributed by atoms with E-state index in [4.69, 9.17) is 9.47 Å². The Balaban J connectivity index is 1.50. The van der Waals surface area contributed by atoms with E-state index in [0.717, 1.165) is 41.7 Å². The molecular formula is C36H36N2O6S. The molecule has 1 unspecified atom stereocenters. The monoisotopic (exact) mass is 624 g/mol. The Kier molecular flexibility index (Phi) is 9.78. The number of Topliss-reactive ketones (excluding diaryl/α,β-unsaturated/α-hetero) is 2. The fraction of sp³-hybridized carbons (Fsp3) is 0.278. The maximum absolute atomic E-state index is 13.6. The first-order chi connectivity index (χ1) is 21.7. The van der Waals surface area contributed by atoms with Crippen molar-refractivity contribution in [1.29, 1.82) is 0 Å². The molecule has 0 aliphatic carbocycles. The molecule has 4 aromatic rings. The third kappa shape index (κ3) is 6.83. The van der Waals surface area contributed by atoms with E-state index >= 15 is 0 Å². The first-order valence-corrected chi connectivity index (χ1v) is 15.8. The van der Waals surface area contributed by atoms with Crippen LogP contribution in [-0.2, 0) is 16.2 Å². The number of aliphatic hydroxyl groups excluding tert-OH is 1. The number of aryl methyl sites for hydroxylation is 2. The van der Waals surface area contributed by atoms with Crippen LogP contribution in [0.1, 0.15) is 76.8 Å². The lowest BCUT2D eigenvalue weighted by molar-refractivity contribution is -0.132. The molecule has 0 saturated carbocycles. The van der Waals surface area contributed by atoms with Crippen LogP contribution in [0.2, 0.25) is 0 Å². The number of hydrogen-bond donors (Lipinski definition) is 1. The van der Waals surface area contributed by atoms with Gasteiger partial charge in [-0.25, -0.2) is 4.98 Å². The van der Waals surface area contributed by atoms with Gasteiger partial charge >= 0.3 is 5.91 Å². The highest BCUT2D eigenvalue weighted by Gasteiger charge is 2.48. The predicted molar refractivity (Wildman–Crippen MR) is 175 cm³/mol. The summed E-state index contributed by atoms with van der Waals surface area (Å²) in [5.41, 5.74) is 3.54. The Bertz CT molecular complexity index is 1740. The van der Waals surface area contributed by atoms with Crippen molar-refractivity contribution in [2.75, 3.05) is 11.5 Å². The number of benzene rings is 3. The number of nitrogens with zero attached hydrogens (tertiary/aromatic N) is 2. The third-order valence-corrected chi connectivity index (χ3v) is 9.01. The Morgan fingerprint density at radius 1 is 0.933 bits per heavy atom. The molecule has 5 rings (SSSR count). The number of aromatic nitrogens is 1. The topological polar surface area (TPSA) is 106 Å². The van der Waals surface area contributed by atoms with Crippen molar-refractivity contribution < 1.29 is 29.0 Å². The normalized spacial score (nSPS) is 15.8. The average Bonchev–Trinajstić information content (AvgIpc) is 3.55. The van der Waals surface area contributed by atoms with Crippen molar-refractivity contribution in [2.24, 2.45) is 0 Å². The minimum atomic E-state index is -0.971. The van der Waals surface area contributed by atoms with Crippen LogP contribution < -0.4 is 14.4 Å². The molecule has 1 atom stereocenters. The highest BCUT2D eigenvalue weighted by Crippen LogP contribution is 2.44. The van der Waals surface area contributed by atoms with E-state index in [2.05, 4.69) is 11.9 Å². The van der Waals surface area contributed by atoms with E-state index in [0.29, 0.717) is 46.4 Å². The SMILES string of the molecule is CCCCCOc1ccc(C2C(=C(O)c3ccc(OCc4ccccc4C)cc3)C(=O)C(=O)N2c2nc(C)c(C(C)=O)s2)cc1. The van der Waals surface area contributed by atoms with Crippen molar-refractivity contribution in [3.63, 3.8) is 0 Å². The van der Waals surface area contributed by atoms with Crippen LogP contribution in [0.3, 0.4) is 0 Å². The minimum absolute atomic E-state index is 0.0672. The molecule has 9 heteroatoms. The maximum Gasteiger partial charge on any atom is 0.301 e. The zero-order chi connectivity index (χ0) is 32.1. The van der Waals surface area contributed by atoms with Crippen LogP contribution in [-0.4, -0.2) is 34.2 Å². The van der Waals surface area contributed by atoms with Gasteiger partial charge in [0.05, 0.1) is 28.8 Å². The molecule has 45 heavy (non-hydrogen) atoms. The largest absolute Gasteiger partial charge is 0.507 e. The molecule has 0 spiro atoms. The second-order valence-corrected chi connectivity index (χ2v) is 12.0. The number of ketones is 2. The van der Waals surface area contributed by atoms with E-state index in [1.54, 1.807) is 55.5 Å². The third-order valence-electron chi connectivity index (χ3n) is 7.75. The second-order valence-electron chi connectivity index (χ2n) is 11.0. The number of thiazole rings is 1. The summed E-state index contributed by atoms with van der Waals surface area (Å²) in [6, 6.07) is 20.9. The summed E-state index contributed by atoms with van der Waals surface area (Å²) in [4.78, 5) is 45.5. The number of hydrogen-bond acceptors (Lipinski definition) is 8. The van der Waals surface area contributed by atoms with Gasteiger partial charge in [-0.1, -0.05) is 67.5 Å². The smallest absolute Gasteiger partial charge is 0.301 e. The van der Waals surface area contributed by atoms with Crippen molar-refractivity contribution in [1.82, 2.24) is 4.98 Å². The number of carbonyl (C=O) groups excluding carboxylic acids is 3. The Morgan fingerprint density at radius 2 is 1.60 bits per heavy atom. The quantitative estimate of drug-likeness (QED) is 0.0565. The van der Waals surface area contributed by atoms with E-state index in [1.807, 2.05) is 31.2 Å². The molecule has 1 saturated heterocycles. The lowest BCUT2D eigenvalue weighted by Gasteiger charge is -2.23. The Labute approximate surface area is 267 Å². The zero-order valence-corrected chi connectivity index (χ0v) is 26.6. The average molecular weight is 625 g/mol. The van der Waals surface area contributed by atoms with Crippen molar-refractivity contribution in [3.05, 3.63) is 111 Å². The zero-order valence-electron chi connectivity index (χ0n) is 25.8. The summed E-state index contributed by atoms with van der Waals surface area (Å²) < 4.78 is 11.8. The van der Waals surface area contributed by atoms with Crippen molar-refractivity contribution in [3.8, 4) is 11.5 Å². The van der Waals surface area contributed by atoms with Crippen molar-refractivity contribution in [2.45, 2.75) is 59.6 Å². The van der Waals surface area contributed by atoms with Crippen LogP contribution in [0.25, 0.3) is 5.76 Å². The predicted octanol–water partition coefficient (Wildman–Crippen LogP) is 7.74. The molecule has 1 aliphatic heterocycles. The molecule has 1 N–H and O–H groups in total. The van der Waals surface area contributed by atoms with E-state index in [-0.39, 0.29) is 22.2 Å². The fourth-order valence-corrected chi connectivity index (χ4v) is 6.23. The number of rotatable bonds is 12. The van der Waals surface area contributed by atoms with Gasteiger partial charge in [-0.05, 0) is 73.4 Å². The summed E-state index contributed by atoms with van der Waals surface area (Å²) in [5.74, 6) is -0.906. The maximum atomic E-state index is 13.6. The molecule has 1 aromatic heterocycles. The molecule has 232 valence electrons. The molecule has 2 heterocycles. The molecule has 3 aromatic carbocycles. The molecule has 0 bridgehead atoms. The molecule has 1 amide bonds.